The van der Waals surface area contributed by atoms with Gasteiger partial charge in [0.15, 0.2) is 11.5 Å². The minimum Gasteiger partial charge on any atom is -0.435 e. The van der Waals surface area contributed by atoms with E-state index in [1.807, 2.05) is 61.5 Å². The number of oxazole rings is 1. The Kier molecular flexibility index (Phi) is 6.15. The lowest BCUT2D eigenvalue weighted by molar-refractivity contribution is -0.137. The number of nitrogens with zero attached hydrogens (tertiary/aromatic N) is 3. The van der Waals surface area contributed by atoms with Crippen LogP contribution in [0.2, 0.25) is 0 Å². The molecule has 5 nitrogen and oxygen atoms in total. The van der Waals surface area contributed by atoms with E-state index in [0.29, 0.717) is 16.8 Å². The molecule has 1 heterocycles. The molecule has 34 heavy (non-hydrogen) atoms. The van der Waals surface area contributed by atoms with Crippen molar-refractivity contribution in [3.05, 3.63) is 90.1 Å². The van der Waals surface area contributed by atoms with Gasteiger partial charge in [0.1, 0.15) is 0 Å². The summed E-state index contributed by atoms with van der Waals surface area (Å²) in [4.78, 5) is 21.2. The summed E-state index contributed by atoms with van der Waals surface area (Å²) in [5.74, 6) is -0.0991. The van der Waals surface area contributed by atoms with Gasteiger partial charge in [-0.3, -0.25) is 4.79 Å². The summed E-state index contributed by atoms with van der Waals surface area (Å²) in [5.41, 5.74) is 1.88. The van der Waals surface area contributed by atoms with Crippen molar-refractivity contribution in [3.8, 4) is 22.8 Å². The van der Waals surface area contributed by atoms with E-state index < -0.39 is 17.6 Å². The van der Waals surface area contributed by atoms with Crippen molar-refractivity contribution < 1.29 is 22.4 Å². The van der Waals surface area contributed by atoms with E-state index in [9.17, 15) is 18.0 Å². The Morgan fingerprint density at radius 1 is 0.794 bits per heavy atom. The van der Waals surface area contributed by atoms with E-state index in [-0.39, 0.29) is 17.3 Å². The van der Waals surface area contributed by atoms with Gasteiger partial charge in [-0.25, -0.2) is 4.98 Å². The second-order valence-corrected chi connectivity index (χ2v) is 7.91. The molecule has 0 aliphatic rings. The number of carbonyl (C=O) groups is 1. The average Bonchev–Trinajstić information content (AvgIpc) is 3.29. The zero-order valence-electron chi connectivity index (χ0n) is 18.8. The Morgan fingerprint density at radius 2 is 1.38 bits per heavy atom. The SMILES string of the molecule is CN(C)c1ccc(-c2oc(-c3ccc(C(F)(F)F)cc3)nc2C(=O)N(C)c2ccccc2)cc1. The maximum Gasteiger partial charge on any atom is 0.416 e. The number of hydrogen-bond acceptors (Lipinski definition) is 4. The Balaban J connectivity index is 1.78. The molecule has 4 aromatic rings. The van der Waals surface area contributed by atoms with E-state index in [0.717, 1.165) is 17.8 Å². The van der Waals surface area contributed by atoms with Crippen molar-refractivity contribution >= 4 is 17.3 Å². The van der Waals surface area contributed by atoms with Crippen LogP contribution < -0.4 is 9.80 Å². The normalized spacial score (nSPS) is 11.4. The third-order valence-electron chi connectivity index (χ3n) is 5.38. The molecule has 0 aliphatic carbocycles. The molecule has 0 N–H and O–H groups in total. The standard InChI is InChI=1S/C26H22F3N3O2/c1-31(2)20-15-11-17(12-16-20)23-22(25(33)32(3)21-7-5-4-6-8-21)30-24(34-23)18-9-13-19(14-10-18)26(27,28)29/h4-16H,1-3H3. The summed E-state index contributed by atoms with van der Waals surface area (Å²) < 4.78 is 44.9. The van der Waals surface area contributed by atoms with Gasteiger partial charge in [0.05, 0.1) is 5.56 Å². The van der Waals surface area contributed by atoms with Crippen molar-refractivity contribution in [2.24, 2.45) is 0 Å². The molecule has 0 saturated carbocycles. The van der Waals surface area contributed by atoms with E-state index in [1.54, 1.807) is 19.2 Å². The second-order valence-electron chi connectivity index (χ2n) is 7.91. The van der Waals surface area contributed by atoms with Crippen molar-refractivity contribution in [2.45, 2.75) is 6.18 Å². The minimum atomic E-state index is -4.45. The number of alkyl halides is 3. The smallest absolute Gasteiger partial charge is 0.416 e. The van der Waals surface area contributed by atoms with Gasteiger partial charge in [0.25, 0.3) is 5.91 Å². The molecule has 0 fully saturated rings. The zero-order chi connectivity index (χ0) is 24.5. The molecule has 0 atom stereocenters. The molecule has 0 bridgehead atoms. The molecule has 8 heteroatoms. The summed E-state index contributed by atoms with van der Waals surface area (Å²) in [6, 6.07) is 20.9. The molecule has 1 amide bonds. The first kappa shape index (κ1) is 23.1. The van der Waals surface area contributed by atoms with Gasteiger partial charge < -0.3 is 14.2 Å². The molecule has 3 aromatic carbocycles. The molecule has 4 rings (SSSR count). The molecule has 0 radical (unpaired) electrons. The molecule has 0 unspecified atom stereocenters. The fourth-order valence-electron chi connectivity index (χ4n) is 3.42. The predicted octanol–water partition coefficient (Wildman–Crippen LogP) is 6.37. The summed E-state index contributed by atoms with van der Waals surface area (Å²) in [6.07, 6.45) is -4.45. The first-order valence-electron chi connectivity index (χ1n) is 10.4. The van der Waals surface area contributed by atoms with Crippen molar-refractivity contribution in [1.82, 2.24) is 4.98 Å². The number of aromatic nitrogens is 1. The fraction of sp³-hybridized carbons (Fsp3) is 0.154. The number of amides is 1. The lowest BCUT2D eigenvalue weighted by Crippen LogP contribution is -2.27. The van der Waals surface area contributed by atoms with Crippen LogP contribution in [0.4, 0.5) is 24.5 Å². The lowest BCUT2D eigenvalue weighted by Gasteiger charge is -2.16. The van der Waals surface area contributed by atoms with Crippen molar-refractivity contribution in [3.63, 3.8) is 0 Å². The molecular weight excluding hydrogens is 443 g/mol. The quantitative estimate of drug-likeness (QED) is 0.344. The highest BCUT2D eigenvalue weighted by molar-refractivity contribution is 6.08. The van der Waals surface area contributed by atoms with Crippen LogP contribution in [0.1, 0.15) is 16.1 Å². The topological polar surface area (TPSA) is 49.6 Å². The van der Waals surface area contributed by atoms with E-state index in [1.165, 1.54) is 17.0 Å². The lowest BCUT2D eigenvalue weighted by atomic mass is 10.1. The largest absolute Gasteiger partial charge is 0.435 e. The first-order valence-corrected chi connectivity index (χ1v) is 10.4. The summed E-state index contributed by atoms with van der Waals surface area (Å²) >= 11 is 0. The van der Waals surface area contributed by atoms with Crippen molar-refractivity contribution in [2.75, 3.05) is 30.9 Å². The molecule has 0 saturated heterocycles. The van der Waals surface area contributed by atoms with Crippen LogP contribution >= 0.6 is 0 Å². The summed E-state index contributed by atoms with van der Waals surface area (Å²) in [5, 5.41) is 0. The van der Waals surface area contributed by atoms with Crippen LogP contribution in [0, 0.1) is 0 Å². The number of para-hydroxylation sites is 1. The van der Waals surface area contributed by atoms with Gasteiger partial charge in [-0.15, -0.1) is 0 Å². The van der Waals surface area contributed by atoms with Gasteiger partial charge in [0, 0.05) is 43.6 Å². The van der Waals surface area contributed by atoms with Gasteiger partial charge in [0.2, 0.25) is 5.89 Å². The monoisotopic (exact) mass is 465 g/mol. The van der Waals surface area contributed by atoms with Crippen LogP contribution in [-0.4, -0.2) is 32.0 Å². The van der Waals surface area contributed by atoms with Crippen LogP contribution in [0.3, 0.4) is 0 Å². The Bertz CT molecular complexity index is 1280. The predicted molar refractivity (Wildman–Crippen MR) is 126 cm³/mol. The third-order valence-corrected chi connectivity index (χ3v) is 5.38. The molecule has 174 valence electrons. The van der Waals surface area contributed by atoms with Gasteiger partial charge in [-0.2, -0.15) is 13.2 Å². The van der Waals surface area contributed by atoms with Gasteiger partial charge in [-0.1, -0.05) is 18.2 Å². The fourth-order valence-corrected chi connectivity index (χ4v) is 3.42. The van der Waals surface area contributed by atoms with Crippen molar-refractivity contribution in [1.29, 1.82) is 0 Å². The number of benzene rings is 3. The average molecular weight is 465 g/mol. The third kappa shape index (κ3) is 4.66. The van der Waals surface area contributed by atoms with Crippen LogP contribution in [0.15, 0.2) is 83.3 Å². The second kappa shape index (κ2) is 9.05. The number of halogens is 3. The van der Waals surface area contributed by atoms with Crippen LogP contribution in [0.5, 0.6) is 0 Å². The van der Waals surface area contributed by atoms with Crippen LogP contribution in [-0.2, 0) is 6.18 Å². The highest BCUT2D eigenvalue weighted by Gasteiger charge is 2.31. The Hall–Kier alpha value is -4.07. The molecule has 0 spiro atoms. The number of rotatable bonds is 5. The Morgan fingerprint density at radius 3 is 1.94 bits per heavy atom. The van der Waals surface area contributed by atoms with E-state index >= 15 is 0 Å². The summed E-state index contributed by atoms with van der Waals surface area (Å²) in [7, 11) is 5.45. The molecular formula is C26H22F3N3O2. The zero-order valence-corrected chi connectivity index (χ0v) is 18.8. The molecule has 1 aromatic heterocycles. The maximum absolute atomic E-state index is 13.4. The number of hydrogen-bond donors (Lipinski definition) is 0. The Labute approximate surface area is 195 Å². The first-order chi connectivity index (χ1) is 16.1. The molecule has 0 aliphatic heterocycles. The highest BCUT2D eigenvalue weighted by Crippen LogP contribution is 2.34. The summed E-state index contributed by atoms with van der Waals surface area (Å²) in [6.45, 7) is 0. The number of anilines is 2. The van der Waals surface area contributed by atoms with Gasteiger partial charge >= 0.3 is 6.18 Å². The van der Waals surface area contributed by atoms with E-state index in [2.05, 4.69) is 4.98 Å². The maximum atomic E-state index is 13.4. The number of carbonyl (C=O) groups excluding carboxylic acids is 1. The van der Waals surface area contributed by atoms with Crippen LogP contribution in [0.25, 0.3) is 22.8 Å². The minimum absolute atomic E-state index is 0.0604. The van der Waals surface area contributed by atoms with Gasteiger partial charge in [-0.05, 0) is 60.7 Å². The highest BCUT2D eigenvalue weighted by atomic mass is 19.4. The van der Waals surface area contributed by atoms with E-state index in [4.69, 9.17) is 4.42 Å².